The van der Waals surface area contributed by atoms with E-state index < -0.39 is 0 Å². The molecule has 2 heteroatoms. The first-order valence-corrected chi connectivity index (χ1v) is 6.57. The lowest BCUT2D eigenvalue weighted by Gasteiger charge is -2.41. The van der Waals surface area contributed by atoms with Crippen LogP contribution in [0.3, 0.4) is 0 Å². The highest BCUT2D eigenvalue weighted by Crippen LogP contribution is 2.39. The first kappa shape index (κ1) is 11.4. The molecule has 1 aliphatic heterocycles. The number of aliphatic hydroxyl groups is 1. The van der Waals surface area contributed by atoms with E-state index in [-0.39, 0.29) is 5.60 Å². The molecular weight excluding hydrogens is 186 g/mol. The van der Waals surface area contributed by atoms with Crippen LogP contribution < -0.4 is 5.32 Å². The highest BCUT2D eigenvalue weighted by Gasteiger charge is 2.41. The van der Waals surface area contributed by atoms with Gasteiger partial charge in [0, 0.05) is 6.04 Å². The minimum absolute atomic E-state index is 0.380. The number of rotatable bonds is 2. The summed E-state index contributed by atoms with van der Waals surface area (Å²) in [4.78, 5) is 0. The fraction of sp³-hybridized carbons (Fsp3) is 1.00. The molecule has 0 bridgehead atoms. The third kappa shape index (κ3) is 2.36. The van der Waals surface area contributed by atoms with E-state index in [0.29, 0.717) is 6.04 Å². The van der Waals surface area contributed by atoms with Gasteiger partial charge in [0.1, 0.15) is 0 Å². The third-order valence-electron chi connectivity index (χ3n) is 4.55. The fourth-order valence-electron chi connectivity index (χ4n) is 3.30. The van der Waals surface area contributed by atoms with Crippen LogP contribution in [0.4, 0.5) is 0 Å². The normalized spacial score (nSPS) is 42.4. The second-order valence-electron chi connectivity index (χ2n) is 5.83. The Labute approximate surface area is 93.5 Å². The van der Waals surface area contributed by atoms with Crippen molar-refractivity contribution in [3.63, 3.8) is 0 Å². The molecule has 88 valence electrons. The van der Waals surface area contributed by atoms with Crippen molar-refractivity contribution in [3.05, 3.63) is 0 Å². The average Bonchev–Trinajstić information content (AvgIpc) is 2.71. The molecule has 1 atom stereocenters. The van der Waals surface area contributed by atoms with Crippen LogP contribution in [0, 0.1) is 11.8 Å². The molecule has 1 heterocycles. The van der Waals surface area contributed by atoms with Crippen molar-refractivity contribution in [1.82, 2.24) is 5.32 Å². The Kier molecular flexibility index (Phi) is 3.36. The van der Waals surface area contributed by atoms with Crippen LogP contribution in [0.2, 0.25) is 0 Å². The van der Waals surface area contributed by atoms with Crippen molar-refractivity contribution in [2.75, 3.05) is 6.54 Å². The lowest BCUT2D eigenvalue weighted by atomic mass is 9.71. The monoisotopic (exact) mass is 211 g/mol. The smallest absolute Gasteiger partial charge is 0.0800 e. The maximum absolute atomic E-state index is 10.6. The standard InChI is InChI=1S/C13H25NO/c1-10(2)11-5-7-13(15,8-6-11)12-4-3-9-14-12/h10-12,14-15H,3-9H2,1-2H3. The molecule has 1 saturated heterocycles. The molecule has 0 aromatic heterocycles. The topological polar surface area (TPSA) is 32.3 Å². The first-order valence-electron chi connectivity index (χ1n) is 6.57. The number of hydrogen-bond donors (Lipinski definition) is 2. The highest BCUT2D eigenvalue weighted by molar-refractivity contribution is 4.97. The predicted molar refractivity (Wildman–Crippen MR) is 62.8 cm³/mol. The zero-order chi connectivity index (χ0) is 10.9. The Bertz CT molecular complexity index is 201. The predicted octanol–water partition coefficient (Wildman–Crippen LogP) is 2.32. The van der Waals surface area contributed by atoms with Gasteiger partial charge in [-0.2, -0.15) is 0 Å². The maximum atomic E-state index is 10.6. The Morgan fingerprint density at radius 2 is 1.87 bits per heavy atom. The molecule has 2 nitrogen and oxygen atoms in total. The van der Waals surface area contributed by atoms with E-state index in [9.17, 15) is 5.11 Å². The molecule has 0 spiro atoms. The Morgan fingerprint density at radius 3 is 2.33 bits per heavy atom. The van der Waals surface area contributed by atoms with Crippen molar-refractivity contribution >= 4 is 0 Å². The molecular formula is C13H25NO. The second kappa shape index (κ2) is 4.42. The summed E-state index contributed by atoms with van der Waals surface area (Å²) in [7, 11) is 0. The van der Waals surface area contributed by atoms with Crippen molar-refractivity contribution in [3.8, 4) is 0 Å². The van der Waals surface area contributed by atoms with E-state index in [1.807, 2.05) is 0 Å². The highest BCUT2D eigenvalue weighted by atomic mass is 16.3. The summed E-state index contributed by atoms with van der Waals surface area (Å²) in [5, 5.41) is 14.1. The van der Waals surface area contributed by atoms with Crippen LogP contribution in [0.1, 0.15) is 52.4 Å². The first-order chi connectivity index (χ1) is 7.12. The summed E-state index contributed by atoms with van der Waals surface area (Å²) in [5.74, 6) is 1.62. The van der Waals surface area contributed by atoms with Crippen LogP contribution in [0.25, 0.3) is 0 Å². The molecule has 2 N–H and O–H groups in total. The van der Waals surface area contributed by atoms with Gasteiger partial charge in [-0.25, -0.2) is 0 Å². The van der Waals surface area contributed by atoms with Crippen LogP contribution in [-0.2, 0) is 0 Å². The van der Waals surface area contributed by atoms with Crippen LogP contribution >= 0.6 is 0 Å². The van der Waals surface area contributed by atoms with E-state index in [4.69, 9.17) is 0 Å². The molecule has 0 aromatic carbocycles. The van der Waals surface area contributed by atoms with Crippen LogP contribution in [0.15, 0.2) is 0 Å². The Hall–Kier alpha value is -0.0800. The van der Waals surface area contributed by atoms with Gasteiger partial charge in [-0.1, -0.05) is 13.8 Å². The van der Waals surface area contributed by atoms with Gasteiger partial charge in [0.05, 0.1) is 5.60 Å². The molecule has 15 heavy (non-hydrogen) atoms. The van der Waals surface area contributed by atoms with Crippen LogP contribution in [-0.4, -0.2) is 23.3 Å². The van der Waals surface area contributed by atoms with Gasteiger partial charge in [-0.3, -0.25) is 0 Å². The van der Waals surface area contributed by atoms with Gasteiger partial charge in [0.15, 0.2) is 0 Å². The van der Waals surface area contributed by atoms with Crippen molar-refractivity contribution in [2.24, 2.45) is 11.8 Å². The van der Waals surface area contributed by atoms with Gasteiger partial charge in [-0.15, -0.1) is 0 Å². The van der Waals surface area contributed by atoms with Gasteiger partial charge in [0.25, 0.3) is 0 Å². The molecule has 0 aromatic rings. The summed E-state index contributed by atoms with van der Waals surface area (Å²) in [6, 6.07) is 0.380. The molecule has 0 radical (unpaired) electrons. The average molecular weight is 211 g/mol. The quantitative estimate of drug-likeness (QED) is 0.734. The summed E-state index contributed by atoms with van der Waals surface area (Å²) >= 11 is 0. The molecule has 2 rings (SSSR count). The maximum Gasteiger partial charge on any atom is 0.0800 e. The van der Waals surface area contributed by atoms with E-state index in [1.54, 1.807) is 0 Å². The lowest BCUT2D eigenvalue weighted by Crippen LogP contribution is -2.50. The van der Waals surface area contributed by atoms with E-state index in [1.165, 1.54) is 25.7 Å². The van der Waals surface area contributed by atoms with Crippen molar-refractivity contribution in [2.45, 2.75) is 64.0 Å². The lowest BCUT2D eigenvalue weighted by molar-refractivity contribution is -0.0410. The molecule has 1 aliphatic carbocycles. The third-order valence-corrected chi connectivity index (χ3v) is 4.55. The minimum atomic E-state index is -0.387. The van der Waals surface area contributed by atoms with Gasteiger partial charge < -0.3 is 10.4 Å². The summed E-state index contributed by atoms with van der Waals surface area (Å²) in [6.45, 7) is 5.71. The van der Waals surface area contributed by atoms with Crippen molar-refractivity contribution in [1.29, 1.82) is 0 Å². The van der Waals surface area contributed by atoms with E-state index in [0.717, 1.165) is 31.2 Å². The fourth-order valence-corrected chi connectivity index (χ4v) is 3.30. The van der Waals surface area contributed by atoms with Gasteiger partial charge in [-0.05, 0) is 56.9 Å². The summed E-state index contributed by atoms with van der Waals surface area (Å²) in [6.07, 6.45) is 6.85. The van der Waals surface area contributed by atoms with Crippen LogP contribution in [0.5, 0.6) is 0 Å². The largest absolute Gasteiger partial charge is 0.388 e. The molecule has 1 saturated carbocycles. The number of nitrogens with one attached hydrogen (secondary N) is 1. The van der Waals surface area contributed by atoms with E-state index in [2.05, 4.69) is 19.2 Å². The Morgan fingerprint density at radius 1 is 1.20 bits per heavy atom. The van der Waals surface area contributed by atoms with Gasteiger partial charge >= 0.3 is 0 Å². The molecule has 0 amide bonds. The summed E-state index contributed by atoms with van der Waals surface area (Å²) in [5.41, 5.74) is -0.387. The molecule has 1 unspecified atom stereocenters. The molecule has 2 fully saturated rings. The minimum Gasteiger partial charge on any atom is -0.388 e. The zero-order valence-electron chi connectivity index (χ0n) is 10.1. The molecule has 2 aliphatic rings. The van der Waals surface area contributed by atoms with Gasteiger partial charge in [0.2, 0.25) is 0 Å². The summed E-state index contributed by atoms with van der Waals surface area (Å²) < 4.78 is 0. The van der Waals surface area contributed by atoms with E-state index >= 15 is 0 Å². The Balaban J connectivity index is 1.90. The second-order valence-corrected chi connectivity index (χ2v) is 5.83. The SMILES string of the molecule is CC(C)C1CCC(O)(C2CCCN2)CC1. The zero-order valence-corrected chi connectivity index (χ0v) is 10.1. The number of hydrogen-bond acceptors (Lipinski definition) is 2. The van der Waals surface area contributed by atoms with Crippen molar-refractivity contribution < 1.29 is 5.11 Å².